The molecule has 20 heavy (non-hydrogen) atoms. The third-order valence-electron chi connectivity index (χ3n) is 2.88. The smallest absolute Gasteiger partial charge is 0.273 e. The maximum Gasteiger partial charge on any atom is 0.273 e. The number of hydrogen-bond acceptors (Lipinski definition) is 5. The summed E-state index contributed by atoms with van der Waals surface area (Å²) in [4.78, 5) is 13.8. The molecule has 108 valence electrons. The van der Waals surface area contributed by atoms with Gasteiger partial charge in [-0.15, -0.1) is 10.2 Å². The molecule has 8 heteroatoms. The summed E-state index contributed by atoms with van der Waals surface area (Å²) in [5.74, 6) is 0.706. The van der Waals surface area contributed by atoms with E-state index in [2.05, 4.69) is 15.3 Å². The van der Waals surface area contributed by atoms with Crippen molar-refractivity contribution < 1.29 is 9.21 Å². The van der Waals surface area contributed by atoms with Crippen LogP contribution in [0.3, 0.4) is 0 Å². The molecule has 0 fully saturated rings. The van der Waals surface area contributed by atoms with Crippen LogP contribution in [0.25, 0.3) is 0 Å². The van der Waals surface area contributed by atoms with Crippen molar-refractivity contribution in [3.63, 3.8) is 0 Å². The van der Waals surface area contributed by atoms with Crippen molar-refractivity contribution in [2.75, 3.05) is 7.05 Å². The first-order valence-corrected chi connectivity index (χ1v) is 6.57. The van der Waals surface area contributed by atoms with E-state index < -0.39 is 0 Å². The predicted molar refractivity (Wildman–Crippen MR) is 72.4 cm³/mol. The second kappa shape index (κ2) is 5.62. The van der Waals surface area contributed by atoms with E-state index in [0.717, 1.165) is 0 Å². The number of nitrogens with zero attached hydrogens (tertiary/aromatic N) is 5. The molecule has 2 aromatic heterocycles. The van der Waals surface area contributed by atoms with Crippen LogP contribution in [0.1, 0.15) is 34.9 Å². The molecule has 0 bridgehead atoms. The van der Waals surface area contributed by atoms with Crippen LogP contribution in [0, 0.1) is 6.92 Å². The molecule has 0 spiro atoms. The lowest BCUT2D eigenvalue weighted by atomic mass is 10.3. The normalized spacial score (nSPS) is 10.8. The lowest BCUT2D eigenvalue weighted by molar-refractivity contribution is 0.0761. The highest BCUT2D eigenvalue weighted by molar-refractivity contribution is 6.34. The van der Waals surface area contributed by atoms with Crippen molar-refractivity contribution in [2.45, 2.75) is 26.8 Å². The largest absolute Gasteiger partial charge is 0.423 e. The number of aromatic nitrogens is 4. The summed E-state index contributed by atoms with van der Waals surface area (Å²) in [7, 11) is 3.33. The molecule has 0 atom stereocenters. The highest BCUT2D eigenvalue weighted by atomic mass is 35.5. The number of amides is 1. The Labute approximate surface area is 121 Å². The zero-order valence-electron chi connectivity index (χ0n) is 11.8. The molecule has 0 aliphatic carbocycles. The summed E-state index contributed by atoms with van der Waals surface area (Å²) in [6, 6.07) is 0. The topological polar surface area (TPSA) is 77.1 Å². The summed E-state index contributed by atoms with van der Waals surface area (Å²) >= 11 is 6.10. The van der Waals surface area contributed by atoms with Crippen LogP contribution in [0.4, 0.5) is 0 Å². The van der Waals surface area contributed by atoms with E-state index >= 15 is 0 Å². The first-order chi connectivity index (χ1) is 9.43. The van der Waals surface area contributed by atoms with Crippen LogP contribution in [-0.2, 0) is 20.0 Å². The van der Waals surface area contributed by atoms with Gasteiger partial charge in [-0.1, -0.05) is 18.5 Å². The van der Waals surface area contributed by atoms with Gasteiger partial charge in [-0.3, -0.25) is 9.48 Å². The van der Waals surface area contributed by atoms with Gasteiger partial charge in [0.1, 0.15) is 5.69 Å². The zero-order chi connectivity index (χ0) is 14.9. The minimum Gasteiger partial charge on any atom is -0.423 e. The second-order valence-electron chi connectivity index (χ2n) is 4.48. The highest BCUT2D eigenvalue weighted by Crippen LogP contribution is 2.21. The van der Waals surface area contributed by atoms with Crippen molar-refractivity contribution in [3.8, 4) is 0 Å². The number of hydrogen-bond donors (Lipinski definition) is 0. The Bertz CT molecular complexity index is 634. The van der Waals surface area contributed by atoms with E-state index in [9.17, 15) is 4.79 Å². The van der Waals surface area contributed by atoms with Gasteiger partial charge >= 0.3 is 0 Å². The molecule has 0 aliphatic rings. The number of rotatable bonds is 4. The quantitative estimate of drug-likeness (QED) is 0.856. The molecule has 0 aliphatic heterocycles. The van der Waals surface area contributed by atoms with Crippen molar-refractivity contribution >= 4 is 17.5 Å². The Morgan fingerprint density at radius 3 is 2.55 bits per heavy atom. The van der Waals surface area contributed by atoms with Crippen LogP contribution in [0.15, 0.2) is 4.42 Å². The fourth-order valence-corrected chi connectivity index (χ4v) is 2.06. The zero-order valence-corrected chi connectivity index (χ0v) is 12.6. The van der Waals surface area contributed by atoms with Crippen molar-refractivity contribution in [2.24, 2.45) is 7.05 Å². The molecule has 0 saturated heterocycles. The van der Waals surface area contributed by atoms with Gasteiger partial charge < -0.3 is 9.32 Å². The van der Waals surface area contributed by atoms with Crippen LogP contribution in [0.2, 0.25) is 5.02 Å². The Kier molecular flexibility index (Phi) is 4.08. The molecule has 0 aromatic carbocycles. The highest BCUT2D eigenvalue weighted by Gasteiger charge is 2.23. The fraction of sp³-hybridized carbons (Fsp3) is 0.500. The maximum absolute atomic E-state index is 12.4. The Balaban J connectivity index is 2.16. The lowest BCUT2D eigenvalue weighted by Crippen LogP contribution is -2.28. The number of carbonyl (C=O) groups is 1. The Hall–Kier alpha value is -1.89. The minimum absolute atomic E-state index is 0.229. The van der Waals surface area contributed by atoms with Crippen LogP contribution in [-0.4, -0.2) is 37.8 Å². The van der Waals surface area contributed by atoms with E-state index in [0.29, 0.717) is 34.6 Å². The summed E-state index contributed by atoms with van der Waals surface area (Å²) < 4.78 is 6.86. The summed E-state index contributed by atoms with van der Waals surface area (Å²) in [5.41, 5.74) is 0.971. The van der Waals surface area contributed by atoms with E-state index in [-0.39, 0.29) is 12.5 Å². The first-order valence-electron chi connectivity index (χ1n) is 6.19. The van der Waals surface area contributed by atoms with E-state index in [4.69, 9.17) is 16.0 Å². The van der Waals surface area contributed by atoms with Gasteiger partial charge in [0.05, 0.1) is 17.3 Å². The molecular weight excluding hydrogens is 282 g/mol. The van der Waals surface area contributed by atoms with E-state index in [1.54, 1.807) is 21.0 Å². The molecule has 0 unspecified atom stereocenters. The van der Waals surface area contributed by atoms with Gasteiger partial charge in [0.15, 0.2) is 0 Å². The van der Waals surface area contributed by atoms with Gasteiger partial charge in [0, 0.05) is 20.5 Å². The van der Waals surface area contributed by atoms with Gasteiger partial charge in [0.2, 0.25) is 11.8 Å². The van der Waals surface area contributed by atoms with Crippen LogP contribution in [0.5, 0.6) is 0 Å². The fourth-order valence-electron chi connectivity index (χ4n) is 1.82. The number of aryl methyl sites for hydroxylation is 3. The van der Waals surface area contributed by atoms with Gasteiger partial charge in [0.25, 0.3) is 5.91 Å². The van der Waals surface area contributed by atoms with Gasteiger partial charge in [-0.05, 0) is 6.92 Å². The molecule has 1 amide bonds. The molecule has 7 nitrogen and oxygen atoms in total. The molecule has 0 radical (unpaired) electrons. The molecule has 0 saturated carbocycles. The average molecular weight is 298 g/mol. The maximum atomic E-state index is 12.4. The Morgan fingerprint density at radius 1 is 1.40 bits per heavy atom. The third kappa shape index (κ3) is 2.67. The van der Waals surface area contributed by atoms with Gasteiger partial charge in [-0.2, -0.15) is 5.10 Å². The molecule has 2 heterocycles. The lowest BCUT2D eigenvalue weighted by Gasteiger charge is -2.15. The first kappa shape index (κ1) is 14.5. The summed E-state index contributed by atoms with van der Waals surface area (Å²) in [6.07, 6.45) is 0.664. The number of halogens is 1. The van der Waals surface area contributed by atoms with Gasteiger partial charge in [-0.25, -0.2) is 0 Å². The number of carbonyl (C=O) groups excluding carboxylic acids is 1. The summed E-state index contributed by atoms with van der Waals surface area (Å²) in [6.45, 7) is 3.90. The summed E-state index contributed by atoms with van der Waals surface area (Å²) in [5, 5.41) is 12.2. The predicted octanol–water partition coefficient (Wildman–Crippen LogP) is 1.60. The molecule has 2 rings (SSSR count). The standard InChI is InChI=1S/C12H16ClN5O2/c1-5-8-14-15-9(20-8)6-17(3)12(19)11-10(13)7(2)16-18(11)4/h5-6H2,1-4H3. The SMILES string of the molecule is CCc1nnc(CN(C)C(=O)c2c(Cl)c(C)nn2C)o1. The Morgan fingerprint density at radius 2 is 2.05 bits per heavy atom. The van der Waals surface area contributed by atoms with Crippen LogP contribution >= 0.6 is 11.6 Å². The molecule has 2 aromatic rings. The van der Waals surface area contributed by atoms with Crippen molar-refractivity contribution in [1.29, 1.82) is 0 Å². The van der Waals surface area contributed by atoms with Crippen LogP contribution < -0.4 is 0 Å². The van der Waals surface area contributed by atoms with Crippen molar-refractivity contribution in [1.82, 2.24) is 24.9 Å². The van der Waals surface area contributed by atoms with Crippen molar-refractivity contribution in [3.05, 3.63) is 28.2 Å². The third-order valence-corrected chi connectivity index (χ3v) is 3.33. The molecule has 0 N–H and O–H groups in total. The van der Waals surface area contributed by atoms with E-state index in [1.165, 1.54) is 9.58 Å². The van der Waals surface area contributed by atoms with E-state index in [1.807, 2.05) is 6.92 Å². The monoisotopic (exact) mass is 297 g/mol. The second-order valence-corrected chi connectivity index (χ2v) is 4.85. The average Bonchev–Trinajstić information content (AvgIpc) is 2.95. The molecular formula is C12H16ClN5O2. The minimum atomic E-state index is -0.241.